The van der Waals surface area contributed by atoms with Crippen LogP contribution in [0.25, 0.3) is 0 Å². The zero-order valence-electron chi connectivity index (χ0n) is 11.6. The lowest BCUT2D eigenvalue weighted by Gasteiger charge is -2.35. The molecule has 1 unspecified atom stereocenters. The van der Waals surface area contributed by atoms with Crippen molar-refractivity contribution < 1.29 is 34.6 Å². The molecule has 0 saturated carbocycles. The molecule has 4 atom stereocenters. The molecule has 1 aliphatic heterocycles. The van der Waals surface area contributed by atoms with Crippen LogP contribution in [-0.2, 0) is 4.74 Å². The predicted octanol–water partition coefficient (Wildman–Crippen LogP) is -0.289. The van der Waals surface area contributed by atoms with Crippen LogP contribution in [0.2, 0.25) is 0 Å². The predicted molar refractivity (Wildman–Crippen MR) is 72.8 cm³/mol. The van der Waals surface area contributed by atoms with E-state index in [0.717, 1.165) is 18.2 Å². The normalized spacial score (nSPS) is 27.4. The highest BCUT2D eigenvalue weighted by atomic mass is 16.7. The summed E-state index contributed by atoms with van der Waals surface area (Å²) >= 11 is 0. The van der Waals surface area contributed by atoms with Crippen molar-refractivity contribution in [1.29, 1.82) is 0 Å². The molecule has 3 N–H and O–H groups in total. The fraction of sp³-hybridized carbons (Fsp3) is 0.500. The first-order chi connectivity index (χ1) is 10.8. The first-order valence-corrected chi connectivity index (χ1v) is 6.55. The molecule has 1 aromatic carbocycles. The van der Waals surface area contributed by atoms with Crippen LogP contribution in [0.5, 0.6) is 5.75 Å². The van der Waals surface area contributed by atoms with Gasteiger partial charge in [0.15, 0.2) is 0 Å². The number of benzene rings is 1. The summed E-state index contributed by atoms with van der Waals surface area (Å²) < 4.78 is 10.5. The Morgan fingerprint density at radius 1 is 1.26 bits per heavy atom. The van der Waals surface area contributed by atoms with E-state index in [-0.39, 0.29) is 12.2 Å². The Morgan fingerprint density at radius 2 is 1.96 bits per heavy atom. The molecule has 0 radical (unpaired) electrons. The van der Waals surface area contributed by atoms with Crippen molar-refractivity contribution in [2.24, 2.45) is 0 Å². The number of hydrogen-bond donors (Lipinski definition) is 3. The van der Waals surface area contributed by atoms with Gasteiger partial charge in [-0.2, -0.15) is 0 Å². The van der Waals surface area contributed by atoms with Crippen molar-refractivity contribution in [2.75, 3.05) is 6.61 Å². The van der Waals surface area contributed by atoms with E-state index in [1.54, 1.807) is 0 Å². The molecule has 11 nitrogen and oxygen atoms in total. The number of aliphatic hydroxyl groups is 3. The van der Waals surface area contributed by atoms with Gasteiger partial charge in [0.2, 0.25) is 12.0 Å². The molecule has 0 spiro atoms. The maximum atomic E-state index is 11.0. The van der Waals surface area contributed by atoms with Crippen LogP contribution in [0.1, 0.15) is 6.42 Å². The van der Waals surface area contributed by atoms with Crippen LogP contribution >= 0.6 is 0 Å². The monoisotopic (exact) mass is 330 g/mol. The van der Waals surface area contributed by atoms with Gasteiger partial charge >= 0.3 is 5.69 Å². The van der Waals surface area contributed by atoms with E-state index in [1.165, 1.54) is 0 Å². The van der Waals surface area contributed by atoms with Crippen molar-refractivity contribution in [3.63, 3.8) is 0 Å². The number of nitrogens with zero attached hydrogens (tertiary/aromatic N) is 2. The molecule has 1 aliphatic rings. The van der Waals surface area contributed by atoms with Crippen molar-refractivity contribution >= 4 is 11.4 Å². The lowest BCUT2D eigenvalue weighted by molar-refractivity contribution is -0.395. The molecule has 1 heterocycles. The van der Waals surface area contributed by atoms with Gasteiger partial charge in [-0.15, -0.1) is 0 Å². The number of aliphatic hydroxyl groups excluding tert-OH is 3. The van der Waals surface area contributed by atoms with Gasteiger partial charge in [0, 0.05) is 12.5 Å². The third-order valence-electron chi connectivity index (χ3n) is 3.32. The fourth-order valence-electron chi connectivity index (χ4n) is 2.15. The molecule has 23 heavy (non-hydrogen) atoms. The molecule has 1 fully saturated rings. The van der Waals surface area contributed by atoms with Crippen molar-refractivity contribution in [1.82, 2.24) is 0 Å². The second kappa shape index (κ2) is 6.83. The summed E-state index contributed by atoms with van der Waals surface area (Å²) in [7, 11) is 0. The van der Waals surface area contributed by atoms with Crippen molar-refractivity contribution in [2.45, 2.75) is 31.0 Å². The van der Waals surface area contributed by atoms with E-state index in [2.05, 4.69) is 0 Å². The minimum Gasteiger partial charge on any atom is -0.458 e. The molecule has 0 aromatic heterocycles. The molecular formula is C12H14N2O9. The lowest BCUT2D eigenvalue weighted by Crippen LogP contribution is -2.51. The number of nitro benzene ring substituents is 2. The maximum Gasteiger partial charge on any atom is 0.317 e. The van der Waals surface area contributed by atoms with Gasteiger partial charge in [-0.25, -0.2) is 0 Å². The Kier molecular flexibility index (Phi) is 5.05. The zero-order valence-corrected chi connectivity index (χ0v) is 11.6. The largest absolute Gasteiger partial charge is 0.458 e. The summed E-state index contributed by atoms with van der Waals surface area (Å²) in [5, 5.41) is 50.0. The number of non-ortho nitro benzene ring substituents is 1. The van der Waals surface area contributed by atoms with Crippen molar-refractivity contribution in [3.05, 3.63) is 38.4 Å². The van der Waals surface area contributed by atoms with E-state index in [0.29, 0.717) is 0 Å². The minimum absolute atomic E-state index is 0.189. The molecule has 2 rings (SSSR count). The molecule has 0 amide bonds. The highest BCUT2D eigenvalue weighted by Crippen LogP contribution is 2.33. The summed E-state index contributed by atoms with van der Waals surface area (Å²) in [4.78, 5) is 20.0. The summed E-state index contributed by atoms with van der Waals surface area (Å²) in [6.45, 7) is -0.583. The quantitative estimate of drug-likeness (QED) is 0.485. The average Bonchev–Trinajstić information content (AvgIpc) is 2.50. The Balaban J connectivity index is 2.22. The Hall–Kier alpha value is -2.34. The standard InChI is InChI=1S/C12H14N2O9/c15-5-10-12(17)8(16)4-11(23-10)22-9-2-1-6(13(18)19)3-7(9)14(20)21/h1-3,8,10-12,15-17H,4-5H2/t8-,10?,11-,12-/m1/s1. The Morgan fingerprint density at radius 3 is 2.52 bits per heavy atom. The van der Waals surface area contributed by atoms with Crippen LogP contribution in [0, 0.1) is 20.2 Å². The van der Waals surface area contributed by atoms with E-state index in [1.807, 2.05) is 0 Å². The number of rotatable bonds is 5. The molecule has 1 aromatic rings. The Labute approximate surface area is 129 Å². The van der Waals surface area contributed by atoms with Gasteiger partial charge in [0.1, 0.15) is 12.2 Å². The second-order valence-corrected chi connectivity index (χ2v) is 4.86. The molecule has 0 bridgehead atoms. The maximum absolute atomic E-state index is 11.0. The van der Waals surface area contributed by atoms with Gasteiger partial charge in [0.05, 0.1) is 28.6 Å². The van der Waals surface area contributed by atoms with Gasteiger partial charge in [-0.1, -0.05) is 0 Å². The van der Waals surface area contributed by atoms with Crippen LogP contribution in [-0.4, -0.2) is 56.4 Å². The first kappa shape index (κ1) is 17.0. The van der Waals surface area contributed by atoms with Gasteiger partial charge < -0.3 is 24.8 Å². The van der Waals surface area contributed by atoms with Gasteiger partial charge in [-0.3, -0.25) is 20.2 Å². The second-order valence-electron chi connectivity index (χ2n) is 4.86. The summed E-state index contributed by atoms with van der Waals surface area (Å²) in [5.41, 5.74) is -1.11. The summed E-state index contributed by atoms with van der Waals surface area (Å²) in [6.07, 6.45) is -5.02. The van der Waals surface area contributed by atoms with Crippen LogP contribution in [0.15, 0.2) is 18.2 Å². The molecule has 126 valence electrons. The number of ether oxygens (including phenoxy) is 2. The highest BCUT2D eigenvalue weighted by Gasteiger charge is 2.38. The third-order valence-corrected chi connectivity index (χ3v) is 3.32. The van der Waals surface area contributed by atoms with E-state index in [9.17, 15) is 30.4 Å². The summed E-state index contributed by atoms with van der Waals surface area (Å²) in [6, 6.07) is 2.82. The lowest BCUT2D eigenvalue weighted by atomic mass is 10.0. The number of nitro groups is 2. The van der Waals surface area contributed by atoms with Gasteiger partial charge in [-0.05, 0) is 6.07 Å². The van der Waals surface area contributed by atoms with E-state index >= 15 is 0 Å². The molecule has 11 heteroatoms. The zero-order chi connectivity index (χ0) is 17.1. The summed E-state index contributed by atoms with van der Waals surface area (Å²) in [5.74, 6) is -0.286. The van der Waals surface area contributed by atoms with Crippen LogP contribution < -0.4 is 4.74 Å². The molecular weight excluding hydrogens is 316 g/mol. The van der Waals surface area contributed by atoms with Crippen molar-refractivity contribution in [3.8, 4) is 5.75 Å². The smallest absolute Gasteiger partial charge is 0.317 e. The van der Waals surface area contributed by atoms with Gasteiger partial charge in [0.25, 0.3) is 5.69 Å². The Bertz CT molecular complexity index is 608. The minimum atomic E-state index is -1.31. The van der Waals surface area contributed by atoms with E-state index < -0.39 is 52.4 Å². The fourth-order valence-corrected chi connectivity index (χ4v) is 2.15. The average molecular weight is 330 g/mol. The van der Waals surface area contributed by atoms with Crippen LogP contribution in [0.3, 0.4) is 0 Å². The number of hydrogen-bond acceptors (Lipinski definition) is 9. The molecule has 1 saturated heterocycles. The highest BCUT2D eigenvalue weighted by molar-refractivity contribution is 5.53. The first-order valence-electron chi connectivity index (χ1n) is 6.55. The topological polar surface area (TPSA) is 165 Å². The van der Waals surface area contributed by atoms with Crippen LogP contribution in [0.4, 0.5) is 11.4 Å². The third kappa shape index (κ3) is 3.71. The molecule has 0 aliphatic carbocycles. The SMILES string of the molecule is O=[N+]([O-])c1ccc(O[C@H]2C[C@@H](O)[C@@H](O)C(CO)O2)c([N+](=O)[O-])c1. The van der Waals surface area contributed by atoms with E-state index in [4.69, 9.17) is 14.6 Å².